The summed E-state index contributed by atoms with van der Waals surface area (Å²) in [6, 6.07) is 2.73. The maximum Gasteiger partial charge on any atom is 0.319 e. The third-order valence-corrected chi connectivity index (χ3v) is 2.79. The molecule has 2 amide bonds. The van der Waals surface area contributed by atoms with Crippen LogP contribution in [0, 0.1) is 17.6 Å². The molecule has 0 aliphatic heterocycles. The minimum Gasteiger partial charge on any atom is -0.481 e. The highest BCUT2D eigenvalue weighted by Gasteiger charge is 2.14. The first-order valence-electron chi connectivity index (χ1n) is 6.14. The summed E-state index contributed by atoms with van der Waals surface area (Å²) in [5.74, 6) is -3.36. The Kier molecular flexibility index (Phi) is 5.89. The van der Waals surface area contributed by atoms with Crippen molar-refractivity contribution in [1.82, 2.24) is 5.32 Å². The molecule has 0 radical (unpaired) electrons. The topological polar surface area (TPSA) is 78.4 Å². The van der Waals surface area contributed by atoms with Gasteiger partial charge in [-0.1, -0.05) is 19.4 Å². The third kappa shape index (κ3) is 4.83. The highest BCUT2D eigenvalue weighted by molar-refractivity contribution is 5.89. The quantitative estimate of drug-likeness (QED) is 0.752. The number of urea groups is 1. The number of rotatable bonds is 6. The van der Waals surface area contributed by atoms with Gasteiger partial charge in [-0.2, -0.15) is 0 Å². The zero-order valence-corrected chi connectivity index (χ0v) is 11.0. The molecule has 1 rings (SSSR count). The number of benzene rings is 1. The van der Waals surface area contributed by atoms with Crippen LogP contribution in [0.25, 0.3) is 0 Å². The number of hydrogen-bond acceptors (Lipinski definition) is 2. The number of aliphatic carboxylic acids is 1. The SMILES string of the molecule is CCC(CNC(=O)Nc1cccc(F)c1F)CC(=O)O. The van der Waals surface area contributed by atoms with Crippen LogP contribution in [0.4, 0.5) is 19.3 Å². The predicted octanol–water partition coefficient (Wildman–Crippen LogP) is 2.59. The van der Waals surface area contributed by atoms with Crippen LogP contribution < -0.4 is 10.6 Å². The van der Waals surface area contributed by atoms with E-state index in [0.29, 0.717) is 6.42 Å². The maximum atomic E-state index is 13.3. The molecule has 0 bridgehead atoms. The number of carbonyl (C=O) groups excluding carboxylic acids is 1. The maximum absolute atomic E-state index is 13.3. The molecule has 0 aliphatic rings. The van der Waals surface area contributed by atoms with Crippen LogP contribution in [0.5, 0.6) is 0 Å². The molecule has 0 fully saturated rings. The second-order valence-corrected chi connectivity index (χ2v) is 4.31. The van der Waals surface area contributed by atoms with Gasteiger partial charge in [0.05, 0.1) is 5.69 Å². The van der Waals surface area contributed by atoms with E-state index in [0.717, 1.165) is 6.07 Å². The van der Waals surface area contributed by atoms with Crippen molar-refractivity contribution in [1.29, 1.82) is 0 Å². The third-order valence-electron chi connectivity index (χ3n) is 2.79. The zero-order chi connectivity index (χ0) is 15.1. The average Bonchev–Trinajstić information content (AvgIpc) is 2.39. The van der Waals surface area contributed by atoms with Crippen LogP contribution in [0.15, 0.2) is 18.2 Å². The summed E-state index contributed by atoms with van der Waals surface area (Å²) < 4.78 is 26.2. The van der Waals surface area contributed by atoms with Crippen LogP contribution in [0.3, 0.4) is 0 Å². The van der Waals surface area contributed by atoms with Gasteiger partial charge in [-0.25, -0.2) is 13.6 Å². The zero-order valence-electron chi connectivity index (χ0n) is 11.0. The van der Waals surface area contributed by atoms with E-state index in [9.17, 15) is 18.4 Å². The molecule has 1 aromatic rings. The first kappa shape index (κ1) is 15.9. The molecular weight excluding hydrogens is 270 g/mol. The fraction of sp³-hybridized carbons (Fsp3) is 0.385. The first-order chi connectivity index (χ1) is 9.43. The Labute approximate surface area is 115 Å². The standard InChI is InChI=1S/C13H16F2N2O3/c1-2-8(6-11(18)19)7-16-13(20)17-10-5-3-4-9(14)12(10)15/h3-5,8H,2,6-7H2,1H3,(H,18,19)(H2,16,17,20). The van der Waals surface area contributed by atoms with Crippen molar-refractivity contribution in [3.05, 3.63) is 29.8 Å². The predicted molar refractivity (Wildman–Crippen MR) is 69.4 cm³/mol. The average molecular weight is 286 g/mol. The van der Waals surface area contributed by atoms with Gasteiger partial charge in [-0.3, -0.25) is 4.79 Å². The number of hydrogen-bond donors (Lipinski definition) is 3. The minimum absolute atomic E-state index is 0.0644. The van der Waals surface area contributed by atoms with Gasteiger partial charge in [0.15, 0.2) is 11.6 Å². The van der Waals surface area contributed by atoms with Gasteiger partial charge in [0.1, 0.15) is 0 Å². The van der Waals surface area contributed by atoms with Gasteiger partial charge in [0.2, 0.25) is 0 Å². The molecule has 0 aliphatic carbocycles. The molecule has 0 saturated heterocycles. The van der Waals surface area contributed by atoms with Crippen LogP contribution in [-0.4, -0.2) is 23.7 Å². The van der Waals surface area contributed by atoms with Crippen LogP contribution in [0.1, 0.15) is 19.8 Å². The van der Waals surface area contributed by atoms with Crippen molar-refractivity contribution in [3.8, 4) is 0 Å². The Morgan fingerprint density at radius 2 is 2.05 bits per heavy atom. The van der Waals surface area contributed by atoms with Gasteiger partial charge in [0, 0.05) is 13.0 Å². The van der Waals surface area contributed by atoms with Crippen molar-refractivity contribution < 1.29 is 23.5 Å². The number of nitrogens with one attached hydrogen (secondary N) is 2. The minimum atomic E-state index is -1.14. The summed E-state index contributed by atoms with van der Waals surface area (Å²) in [5, 5.41) is 13.3. The molecule has 1 unspecified atom stereocenters. The number of halogens is 2. The molecule has 0 spiro atoms. The molecule has 20 heavy (non-hydrogen) atoms. The molecule has 0 aromatic heterocycles. The van der Waals surface area contributed by atoms with Crippen molar-refractivity contribution in [3.63, 3.8) is 0 Å². The van der Waals surface area contributed by atoms with E-state index in [-0.39, 0.29) is 24.6 Å². The second-order valence-electron chi connectivity index (χ2n) is 4.31. The lowest BCUT2D eigenvalue weighted by Gasteiger charge is -2.14. The van der Waals surface area contributed by atoms with E-state index in [4.69, 9.17) is 5.11 Å². The van der Waals surface area contributed by atoms with Crippen LogP contribution in [0.2, 0.25) is 0 Å². The van der Waals surface area contributed by atoms with Crippen molar-refractivity contribution >= 4 is 17.7 Å². The number of anilines is 1. The Hall–Kier alpha value is -2.18. The molecule has 3 N–H and O–H groups in total. The fourth-order valence-electron chi connectivity index (χ4n) is 1.61. The summed E-state index contributed by atoms with van der Waals surface area (Å²) >= 11 is 0. The van der Waals surface area contributed by atoms with Gasteiger partial charge in [-0.05, 0) is 18.1 Å². The largest absolute Gasteiger partial charge is 0.481 e. The molecule has 5 nitrogen and oxygen atoms in total. The molecular formula is C13H16F2N2O3. The first-order valence-corrected chi connectivity index (χ1v) is 6.14. The summed E-state index contributed by atoms with van der Waals surface area (Å²) in [7, 11) is 0. The summed E-state index contributed by atoms with van der Waals surface area (Å²) in [4.78, 5) is 22.1. The molecule has 1 aromatic carbocycles. The van der Waals surface area contributed by atoms with E-state index in [2.05, 4.69) is 10.6 Å². The second kappa shape index (κ2) is 7.42. The monoisotopic (exact) mass is 286 g/mol. The van der Waals surface area contributed by atoms with Crippen molar-refractivity contribution in [2.45, 2.75) is 19.8 Å². The molecule has 0 heterocycles. The Balaban J connectivity index is 2.51. The van der Waals surface area contributed by atoms with E-state index in [1.54, 1.807) is 6.92 Å². The Morgan fingerprint density at radius 1 is 1.35 bits per heavy atom. The molecule has 7 heteroatoms. The number of carboxylic acid groups (broad SMARTS) is 1. The Bertz CT molecular complexity index is 495. The number of amides is 2. The molecule has 0 saturated carbocycles. The van der Waals surface area contributed by atoms with Gasteiger partial charge in [0.25, 0.3) is 0 Å². The smallest absolute Gasteiger partial charge is 0.319 e. The van der Waals surface area contributed by atoms with Crippen LogP contribution >= 0.6 is 0 Å². The van der Waals surface area contributed by atoms with Gasteiger partial charge >= 0.3 is 12.0 Å². The van der Waals surface area contributed by atoms with Crippen LogP contribution in [-0.2, 0) is 4.79 Å². The lowest BCUT2D eigenvalue weighted by atomic mass is 10.0. The van der Waals surface area contributed by atoms with E-state index in [1.165, 1.54) is 12.1 Å². The highest BCUT2D eigenvalue weighted by Crippen LogP contribution is 2.16. The summed E-state index contributed by atoms with van der Waals surface area (Å²) in [6.45, 7) is 1.95. The fourth-order valence-corrected chi connectivity index (χ4v) is 1.61. The number of carbonyl (C=O) groups is 2. The summed E-state index contributed by atoms with van der Waals surface area (Å²) in [5.41, 5.74) is -0.270. The van der Waals surface area contributed by atoms with E-state index < -0.39 is 23.6 Å². The van der Waals surface area contributed by atoms with Gasteiger partial charge in [-0.15, -0.1) is 0 Å². The summed E-state index contributed by atoms with van der Waals surface area (Å²) in [6.07, 6.45) is 0.520. The van der Waals surface area contributed by atoms with E-state index >= 15 is 0 Å². The van der Waals surface area contributed by atoms with E-state index in [1.807, 2.05) is 0 Å². The lowest BCUT2D eigenvalue weighted by Crippen LogP contribution is -2.34. The molecule has 1 atom stereocenters. The molecule has 110 valence electrons. The van der Waals surface area contributed by atoms with Crippen molar-refractivity contribution in [2.24, 2.45) is 5.92 Å². The normalized spacial score (nSPS) is 11.8. The van der Waals surface area contributed by atoms with Gasteiger partial charge < -0.3 is 15.7 Å². The van der Waals surface area contributed by atoms with Crippen molar-refractivity contribution in [2.75, 3.05) is 11.9 Å². The Morgan fingerprint density at radius 3 is 2.65 bits per heavy atom. The lowest BCUT2D eigenvalue weighted by molar-refractivity contribution is -0.138. The number of carboxylic acids is 1. The highest BCUT2D eigenvalue weighted by atomic mass is 19.2.